The minimum atomic E-state index is 0.311. The summed E-state index contributed by atoms with van der Waals surface area (Å²) in [4.78, 5) is 0. The Morgan fingerprint density at radius 1 is 1.17 bits per heavy atom. The number of aromatic nitrogens is 2. The van der Waals surface area contributed by atoms with Crippen molar-refractivity contribution in [1.82, 2.24) is 15.5 Å². The lowest BCUT2D eigenvalue weighted by molar-refractivity contribution is 0.317. The molecule has 0 saturated heterocycles. The van der Waals surface area contributed by atoms with Crippen molar-refractivity contribution in [3.05, 3.63) is 10.0 Å². The standard InChI is InChI=1S/C14H25N3S/c1-3-10-15-11-7-12-16-17-13(18-12)14(2)8-5-4-6-9-14/h15H,3-11H2,1-2H3. The van der Waals surface area contributed by atoms with Gasteiger partial charge in [-0.05, 0) is 25.8 Å². The maximum atomic E-state index is 4.45. The summed E-state index contributed by atoms with van der Waals surface area (Å²) in [5.41, 5.74) is 0.311. The summed E-state index contributed by atoms with van der Waals surface area (Å²) >= 11 is 1.83. The first-order valence-corrected chi connectivity index (χ1v) is 8.10. The highest BCUT2D eigenvalue weighted by Crippen LogP contribution is 2.40. The first-order valence-electron chi connectivity index (χ1n) is 7.28. The highest BCUT2D eigenvalue weighted by Gasteiger charge is 2.32. The van der Waals surface area contributed by atoms with Crippen LogP contribution in [0.15, 0.2) is 0 Å². The Morgan fingerprint density at radius 2 is 1.94 bits per heavy atom. The molecule has 3 nitrogen and oxygen atoms in total. The van der Waals surface area contributed by atoms with Gasteiger partial charge >= 0.3 is 0 Å². The third-order valence-electron chi connectivity index (χ3n) is 3.88. The molecule has 2 rings (SSSR count). The van der Waals surface area contributed by atoms with Gasteiger partial charge in [0, 0.05) is 18.4 Å². The molecule has 4 heteroatoms. The van der Waals surface area contributed by atoms with E-state index in [9.17, 15) is 0 Å². The first-order chi connectivity index (χ1) is 8.74. The minimum Gasteiger partial charge on any atom is -0.316 e. The van der Waals surface area contributed by atoms with Crippen molar-refractivity contribution in [1.29, 1.82) is 0 Å². The van der Waals surface area contributed by atoms with Crippen LogP contribution < -0.4 is 5.32 Å². The van der Waals surface area contributed by atoms with Gasteiger partial charge in [0.05, 0.1) is 0 Å². The molecule has 0 bridgehead atoms. The van der Waals surface area contributed by atoms with E-state index in [0.29, 0.717) is 5.41 Å². The quantitative estimate of drug-likeness (QED) is 0.804. The zero-order valence-electron chi connectivity index (χ0n) is 11.7. The average molecular weight is 267 g/mol. The summed E-state index contributed by atoms with van der Waals surface area (Å²) in [6.45, 7) is 6.69. The second kappa shape index (κ2) is 6.62. The van der Waals surface area contributed by atoms with Gasteiger partial charge in [-0.1, -0.05) is 33.1 Å². The van der Waals surface area contributed by atoms with Gasteiger partial charge in [0.1, 0.15) is 10.0 Å². The van der Waals surface area contributed by atoms with E-state index in [1.807, 2.05) is 11.3 Å². The highest BCUT2D eigenvalue weighted by molar-refractivity contribution is 7.11. The van der Waals surface area contributed by atoms with Crippen molar-refractivity contribution >= 4 is 11.3 Å². The van der Waals surface area contributed by atoms with Crippen LogP contribution in [0.25, 0.3) is 0 Å². The van der Waals surface area contributed by atoms with Gasteiger partial charge in [0.2, 0.25) is 0 Å². The van der Waals surface area contributed by atoms with Gasteiger partial charge in [-0.3, -0.25) is 0 Å². The lowest BCUT2D eigenvalue weighted by Gasteiger charge is -2.30. The molecule has 1 aliphatic rings. The van der Waals surface area contributed by atoms with Crippen LogP contribution in [0.1, 0.15) is 62.4 Å². The predicted octanol–water partition coefficient (Wildman–Crippen LogP) is 3.30. The summed E-state index contributed by atoms with van der Waals surface area (Å²) in [5, 5.41) is 14.7. The summed E-state index contributed by atoms with van der Waals surface area (Å²) in [6.07, 6.45) is 8.88. The van der Waals surface area contributed by atoms with Crippen LogP contribution >= 0.6 is 11.3 Å². The van der Waals surface area contributed by atoms with Gasteiger partial charge in [-0.15, -0.1) is 21.5 Å². The molecule has 102 valence electrons. The SMILES string of the molecule is CCCNCCc1nnc(C2(C)CCCCC2)s1. The molecule has 0 spiro atoms. The van der Waals surface area contributed by atoms with E-state index < -0.39 is 0 Å². The van der Waals surface area contributed by atoms with Gasteiger partial charge in [-0.25, -0.2) is 0 Å². The molecule has 0 atom stereocenters. The van der Waals surface area contributed by atoms with Crippen LogP contribution in [0.3, 0.4) is 0 Å². The summed E-state index contributed by atoms with van der Waals surface area (Å²) < 4.78 is 0. The second-order valence-electron chi connectivity index (χ2n) is 5.62. The molecule has 0 unspecified atom stereocenters. The fourth-order valence-corrected chi connectivity index (χ4v) is 3.68. The Kier molecular flexibility index (Phi) is 5.13. The van der Waals surface area contributed by atoms with Gasteiger partial charge in [0.25, 0.3) is 0 Å². The Labute approximate surface area is 114 Å². The van der Waals surface area contributed by atoms with Gasteiger partial charge in [-0.2, -0.15) is 0 Å². The molecule has 1 aliphatic carbocycles. The molecule has 0 aromatic carbocycles. The molecule has 1 N–H and O–H groups in total. The summed E-state index contributed by atoms with van der Waals surface area (Å²) in [6, 6.07) is 0. The van der Waals surface area contributed by atoms with Crippen molar-refractivity contribution in [3.63, 3.8) is 0 Å². The number of nitrogens with zero attached hydrogens (tertiary/aromatic N) is 2. The average Bonchev–Trinajstić information content (AvgIpc) is 2.85. The fraction of sp³-hybridized carbons (Fsp3) is 0.857. The van der Waals surface area contributed by atoms with Crippen LogP contribution in [-0.2, 0) is 11.8 Å². The third kappa shape index (κ3) is 3.51. The smallest absolute Gasteiger partial charge is 0.123 e. The number of rotatable bonds is 6. The van der Waals surface area contributed by atoms with Crippen LogP contribution in [0.5, 0.6) is 0 Å². The monoisotopic (exact) mass is 267 g/mol. The van der Waals surface area contributed by atoms with Crippen molar-refractivity contribution < 1.29 is 0 Å². The van der Waals surface area contributed by atoms with Crippen LogP contribution in [0.4, 0.5) is 0 Å². The van der Waals surface area contributed by atoms with Crippen LogP contribution in [0.2, 0.25) is 0 Å². The van der Waals surface area contributed by atoms with E-state index in [1.165, 1.54) is 48.5 Å². The van der Waals surface area contributed by atoms with Crippen molar-refractivity contribution in [2.45, 2.75) is 64.2 Å². The number of hydrogen-bond donors (Lipinski definition) is 1. The highest BCUT2D eigenvalue weighted by atomic mass is 32.1. The molecule has 1 saturated carbocycles. The zero-order valence-corrected chi connectivity index (χ0v) is 12.5. The Hall–Kier alpha value is -0.480. The Bertz CT molecular complexity index is 356. The van der Waals surface area contributed by atoms with Crippen LogP contribution in [0, 0.1) is 0 Å². The second-order valence-corrected chi connectivity index (χ2v) is 6.68. The molecule has 1 fully saturated rings. The predicted molar refractivity (Wildman–Crippen MR) is 77.2 cm³/mol. The van der Waals surface area contributed by atoms with E-state index in [1.54, 1.807) is 0 Å². The fourth-order valence-electron chi connectivity index (χ4n) is 2.64. The number of nitrogens with one attached hydrogen (secondary N) is 1. The van der Waals surface area contributed by atoms with Crippen molar-refractivity contribution in [2.75, 3.05) is 13.1 Å². The van der Waals surface area contributed by atoms with E-state index in [2.05, 4.69) is 29.4 Å². The van der Waals surface area contributed by atoms with E-state index in [4.69, 9.17) is 0 Å². The van der Waals surface area contributed by atoms with Gasteiger partial charge in [0.15, 0.2) is 0 Å². The Morgan fingerprint density at radius 3 is 2.67 bits per heavy atom. The zero-order chi connectivity index (χ0) is 12.8. The Balaban J connectivity index is 1.88. The molecular weight excluding hydrogens is 242 g/mol. The summed E-state index contributed by atoms with van der Waals surface area (Å²) in [5.74, 6) is 0. The topological polar surface area (TPSA) is 37.8 Å². The normalized spacial score (nSPS) is 19.0. The maximum absolute atomic E-state index is 4.45. The third-order valence-corrected chi connectivity index (χ3v) is 5.17. The van der Waals surface area contributed by atoms with E-state index in [-0.39, 0.29) is 0 Å². The summed E-state index contributed by atoms with van der Waals surface area (Å²) in [7, 11) is 0. The molecule has 1 heterocycles. The van der Waals surface area contributed by atoms with E-state index >= 15 is 0 Å². The van der Waals surface area contributed by atoms with Crippen molar-refractivity contribution in [3.8, 4) is 0 Å². The first kappa shape index (κ1) is 13.9. The molecule has 0 aliphatic heterocycles. The van der Waals surface area contributed by atoms with Crippen molar-refractivity contribution in [2.24, 2.45) is 0 Å². The van der Waals surface area contributed by atoms with Gasteiger partial charge < -0.3 is 5.32 Å². The molecule has 0 amide bonds. The van der Waals surface area contributed by atoms with E-state index in [0.717, 1.165) is 19.5 Å². The largest absolute Gasteiger partial charge is 0.316 e. The molecule has 1 aromatic heterocycles. The van der Waals surface area contributed by atoms with Crippen LogP contribution in [-0.4, -0.2) is 23.3 Å². The lowest BCUT2D eigenvalue weighted by atomic mass is 9.76. The molecule has 1 aromatic rings. The number of hydrogen-bond acceptors (Lipinski definition) is 4. The molecular formula is C14H25N3S. The maximum Gasteiger partial charge on any atom is 0.123 e. The molecule has 0 radical (unpaired) electrons. The lowest BCUT2D eigenvalue weighted by Crippen LogP contribution is -2.24. The molecule has 18 heavy (non-hydrogen) atoms. The minimum absolute atomic E-state index is 0.311.